The molecule has 18 heavy (non-hydrogen) atoms. The Bertz CT molecular complexity index is 352. The van der Waals surface area contributed by atoms with Gasteiger partial charge in [-0.2, -0.15) is 0 Å². The topological polar surface area (TPSA) is 21.3 Å². The highest BCUT2D eigenvalue weighted by atomic mass is 35.5. The number of benzene rings is 1. The van der Waals surface area contributed by atoms with E-state index in [1.165, 1.54) is 12.0 Å². The van der Waals surface area contributed by atoms with Crippen molar-refractivity contribution >= 4 is 11.6 Å². The van der Waals surface area contributed by atoms with Gasteiger partial charge < -0.3 is 10.1 Å². The van der Waals surface area contributed by atoms with E-state index in [1.54, 1.807) is 0 Å². The van der Waals surface area contributed by atoms with Gasteiger partial charge in [-0.15, -0.1) is 0 Å². The first kappa shape index (κ1) is 13.9. The summed E-state index contributed by atoms with van der Waals surface area (Å²) >= 11 is 5.91. The van der Waals surface area contributed by atoms with Gasteiger partial charge in [-0.1, -0.05) is 30.7 Å². The largest absolute Gasteiger partial charge is 0.381 e. The lowest BCUT2D eigenvalue weighted by atomic mass is 9.89. The minimum Gasteiger partial charge on any atom is -0.381 e. The van der Waals surface area contributed by atoms with E-state index in [9.17, 15) is 0 Å². The van der Waals surface area contributed by atoms with Crippen molar-refractivity contribution in [3.8, 4) is 0 Å². The van der Waals surface area contributed by atoms with Crippen molar-refractivity contribution in [2.45, 2.75) is 32.2 Å². The van der Waals surface area contributed by atoms with Gasteiger partial charge in [0.25, 0.3) is 0 Å². The predicted molar refractivity (Wildman–Crippen MR) is 76.2 cm³/mol. The van der Waals surface area contributed by atoms with E-state index in [1.807, 2.05) is 12.1 Å². The first-order valence-electron chi connectivity index (χ1n) is 6.85. The van der Waals surface area contributed by atoms with Gasteiger partial charge >= 0.3 is 0 Å². The molecular formula is C15H22ClNO. The van der Waals surface area contributed by atoms with Crippen molar-refractivity contribution in [3.63, 3.8) is 0 Å². The van der Waals surface area contributed by atoms with Crippen LogP contribution in [0.25, 0.3) is 0 Å². The molecule has 1 fully saturated rings. The third-order valence-corrected chi connectivity index (χ3v) is 3.79. The molecule has 0 amide bonds. The Morgan fingerprint density at radius 3 is 2.83 bits per heavy atom. The molecule has 0 spiro atoms. The van der Waals surface area contributed by atoms with Gasteiger partial charge in [0.1, 0.15) is 0 Å². The van der Waals surface area contributed by atoms with Gasteiger partial charge in [0.15, 0.2) is 0 Å². The van der Waals surface area contributed by atoms with Crippen LogP contribution in [0.1, 0.15) is 25.3 Å². The lowest BCUT2D eigenvalue weighted by molar-refractivity contribution is 0.0323. The van der Waals surface area contributed by atoms with Crippen LogP contribution in [0.4, 0.5) is 0 Å². The van der Waals surface area contributed by atoms with Crippen LogP contribution in [-0.4, -0.2) is 25.8 Å². The average molecular weight is 268 g/mol. The van der Waals surface area contributed by atoms with E-state index in [4.69, 9.17) is 16.3 Å². The van der Waals surface area contributed by atoms with Gasteiger partial charge in [-0.05, 0) is 43.5 Å². The molecule has 1 aliphatic heterocycles. The van der Waals surface area contributed by atoms with Crippen LogP contribution in [0, 0.1) is 5.92 Å². The molecule has 2 atom stereocenters. The quantitative estimate of drug-likeness (QED) is 0.884. The first-order valence-corrected chi connectivity index (χ1v) is 7.23. The number of hydrogen-bond donors (Lipinski definition) is 1. The molecule has 3 heteroatoms. The molecule has 2 nitrogen and oxygen atoms in total. The van der Waals surface area contributed by atoms with E-state index >= 15 is 0 Å². The number of ether oxygens (including phenoxy) is 1. The molecule has 1 aromatic rings. The normalized spacial score (nSPS) is 24.1. The Hall–Kier alpha value is -0.570. The SMILES string of the molecule is CCCNC1CCOCC1Cc1ccc(Cl)cc1. The Morgan fingerprint density at radius 2 is 2.11 bits per heavy atom. The summed E-state index contributed by atoms with van der Waals surface area (Å²) < 4.78 is 5.62. The molecule has 1 aromatic carbocycles. The lowest BCUT2D eigenvalue weighted by Gasteiger charge is -2.32. The Balaban J connectivity index is 1.94. The Kier molecular flexibility index (Phi) is 5.48. The van der Waals surface area contributed by atoms with Gasteiger partial charge in [-0.3, -0.25) is 0 Å². The molecule has 1 aliphatic rings. The van der Waals surface area contributed by atoms with Crippen LogP contribution >= 0.6 is 11.6 Å². The van der Waals surface area contributed by atoms with Crippen molar-refractivity contribution in [2.24, 2.45) is 5.92 Å². The van der Waals surface area contributed by atoms with Crippen LogP contribution in [0.15, 0.2) is 24.3 Å². The van der Waals surface area contributed by atoms with E-state index in [0.717, 1.165) is 37.6 Å². The molecule has 1 heterocycles. The van der Waals surface area contributed by atoms with Crippen molar-refractivity contribution in [2.75, 3.05) is 19.8 Å². The zero-order valence-electron chi connectivity index (χ0n) is 11.0. The molecular weight excluding hydrogens is 246 g/mol. The Morgan fingerprint density at radius 1 is 1.33 bits per heavy atom. The summed E-state index contributed by atoms with van der Waals surface area (Å²) in [7, 11) is 0. The zero-order chi connectivity index (χ0) is 12.8. The minimum absolute atomic E-state index is 0.575. The maximum Gasteiger partial charge on any atom is 0.0512 e. The third-order valence-electron chi connectivity index (χ3n) is 3.54. The minimum atomic E-state index is 0.575. The maximum absolute atomic E-state index is 5.91. The fourth-order valence-corrected chi connectivity index (χ4v) is 2.65. The molecule has 2 rings (SSSR count). The van der Waals surface area contributed by atoms with Crippen LogP contribution in [0.3, 0.4) is 0 Å². The second-order valence-electron chi connectivity index (χ2n) is 5.01. The van der Waals surface area contributed by atoms with Crippen LogP contribution in [-0.2, 0) is 11.2 Å². The van der Waals surface area contributed by atoms with Crippen molar-refractivity contribution in [1.29, 1.82) is 0 Å². The van der Waals surface area contributed by atoms with E-state index in [2.05, 4.69) is 24.4 Å². The van der Waals surface area contributed by atoms with Crippen molar-refractivity contribution < 1.29 is 4.74 Å². The van der Waals surface area contributed by atoms with Crippen molar-refractivity contribution in [3.05, 3.63) is 34.9 Å². The van der Waals surface area contributed by atoms with Crippen molar-refractivity contribution in [1.82, 2.24) is 5.32 Å². The van der Waals surface area contributed by atoms with Crippen LogP contribution < -0.4 is 5.32 Å². The fraction of sp³-hybridized carbons (Fsp3) is 0.600. The molecule has 2 unspecified atom stereocenters. The second kappa shape index (κ2) is 7.13. The predicted octanol–water partition coefficient (Wildman–Crippen LogP) is 3.29. The molecule has 100 valence electrons. The van der Waals surface area contributed by atoms with Crippen LogP contribution in [0.5, 0.6) is 0 Å². The fourth-order valence-electron chi connectivity index (χ4n) is 2.52. The molecule has 0 bridgehead atoms. The number of nitrogens with one attached hydrogen (secondary N) is 1. The number of rotatable bonds is 5. The zero-order valence-corrected chi connectivity index (χ0v) is 11.7. The smallest absolute Gasteiger partial charge is 0.0512 e. The summed E-state index contributed by atoms with van der Waals surface area (Å²) in [6, 6.07) is 8.76. The number of hydrogen-bond acceptors (Lipinski definition) is 2. The standard InChI is InChI=1S/C15H22ClNO/c1-2-8-17-15-7-9-18-11-13(15)10-12-3-5-14(16)6-4-12/h3-6,13,15,17H,2,7-11H2,1H3. The molecule has 0 aromatic heterocycles. The molecule has 0 radical (unpaired) electrons. The Labute approximate surface area is 115 Å². The monoisotopic (exact) mass is 267 g/mol. The maximum atomic E-state index is 5.91. The van der Waals surface area contributed by atoms with E-state index < -0.39 is 0 Å². The highest BCUT2D eigenvalue weighted by Gasteiger charge is 2.25. The summed E-state index contributed by atoms with van der Waals surface area (Å²) in [4.78, 5) is 0. The molecule has 0 aliphatic carbocycles. The number of halogens is 1. The van der Waals surface area contributed by atoms with Gasteiger partial charge in [0.05, 0.1) is 6.61 Å². The summed E-state index contributed by atoms with van der Waals surface area (Å²) in [5.41, 5.74) is 1.35. The summed E-state index contributed by atoms with van der Waals surface area (Å²) in [5.74, 6) is 0.575. The summed E-state index contributed by atoms with van der Waals surface area (Å²) in [5, 5.41) is 4.45. The molecule has 0 saturated carbocycles. The van der Waals surface area contributed by atoms with Crippen LogP contribution in [0.2, 0.25) is 5.02 Å². The highest BCUT2D eigenvalue weighted by molar-refractivity contribution is 6.30. The van der Waals surface area contributed by atoms with Gasteiger partial charge in [0.2, 0.25) is 0 Å². The third kappa shape index (κ3) is 3.98. The highest BCUT2D eigenvalue weighted by Crippen LogP contribution is 2.21. The summed E-state index contributed by atoms with van der Waals surface area (Å²) in [6.45, 7) is 5.06. The van der Waals surface area contributed by atoms with Gasteiger partial charge in [-0.25, -0.2) is 0 Å². The van der Waals surface area contributed by atoms with E-state index in [-0.39, 0.29) is 0 Å². The average Bonchev–Trinajstić information content (AvgIpc) is 2.40. The first-order chi connectivity index (χ1) is 8.79. The van der Waals surface area contributed by atoms with E-state index in [0.29, 0.717) is 12.0 Å². The van der Waals surface area contributed by atoms with Gasteiger partial charge in [0, 0.05) is 23.6 Å². The second-order valence-corrected chi connectivity index (χ2v) is 5.45. The lowest BCUT2D eigenvalue weighted by Crippen LogP contribution is -2.43. The molecule has 1 saturated heterocycles. The molecule has 1 N–H and O–H groups in total. The summed E-state index contributed by atoms with van der Waals surface area (Å²) in [6.07, 6.45) is 3.38.